The Kier molecular flexibility index (Phi) is 6.10. The molecule has 1 aromatic rings. The predicted octanol–water partition coefficient (Wildman–Crippen LogP) is 5.71. The van der Waals surface area contributed by atoms with E-state index < -0.39 is 26.2 Å². The van der Waals surface area contributed by atoms with Crippen LogP contribution in [-0.4, -0.2) is 38.6 Å². The van der Waals surface area contributed by atoms with Gasteiger partial charge in [0.1, 0.15) is 0 Å². The molecule has 5 nitrogen and oxygen atoms in total. The fourth-order valence-corrected chi connectivity index (χ4v) is 4.92. The fourth-order valence-electron chi connectivity index (χ4n) is 3.85. The third-order valence-electron chi connectivity index (χ3n) is 7.78. The molecule has 0 bridgehead atoms. The molecule has 1 aromatic carbocycles. The van der Waals surface area contributed by atoms with Crippen molar-refractivity contribution in [3.05, 3.63) is 34.9 Å². The lowest BCUT2D eigenvalue weighted by atomic mass is 9.73. The molecular formula is C24H41BNO4Si-. The number of aryl methyl sites for hydroxylation is 1. The summed E-state index contributed by atoms with van der Waals surface area (Å²) in [7, 11) is -2.06. The van der Waals surface area contributed by atoms with Crippen molar-refractivity contribution in [1.29, 1.82) is 0 Å². The third-order valence-corrected chi connectivity index (χ3v) is 12.3. The van der Waals surface area contributed by atoms with E-state index in [9.17, 15) is 4.79 Å². The number of nitrogens with one attached hydrogen (secondary N) is 1. The Hall–Kier alpha value is -1.15. The lowest BCUT2D eigenvalue weighted by Gasteiger charge is -2.43. The van der Waals surface area contributed by atoms with E-state index in [0.29, 0.717) is 11.5 Å². The third kappa shape index (κ3) is 4.95. The molecular weight excluding hydrogens is 405 g/mol. The van der Waals surface area contributed by atoms with Gasteiger partial charge in [-0.05, 0) is 95.2 Å². The van der Waals surface area contributed by atoms with E-state index in [1.165, 1.54) is 18.4 Å². The van der Waals surface area contributed by atoms with Gasteiger partial charge in [0.15, 0.2) is 8.32 Å². The molecule has 1 amide bonds. The Labute approximate surface area is 189 Å². The van der Waals surface area contributed by atoms with Crippen molar-refractivity contribution in [2.45, 2.75) is 103 Å². The molecule has 0 spiro atoms. The van der Waals surface area contributed by atoms with Crippen molar-refractivity contribution in [1.82, 2.24) is 5.23 Å². The van der Waals surface area contributed by atoms with Crippen LogP contribution in [0.1, 0.15) is 88.7 Å². The second-order valence-corrected chi connectivity index (χ2v) is 16.8. The van der Waals surface area contributed by atoms with Gasteiger partial charge in [-0.15, -0.1) is 0 Å². The van der Waals surface area contributed by atoms with Gasteiger partial charge in [0.25, 0.3) is 0 Å². The van der Waals surface area contributed by atoms with Crippen LogP contribution in [0.3, 0.4) is 0 Å². The van der Waals surface area contributed by atoms with E-state index in [-0.39, 0.29) is 17.5 Å². The van der Waals surface area contributed by atoms with Crippen molar-refractivity contribution < 1.29 is 18.5 Å². The highest BCUT2D eigenvalue weighted by molar-refractivity contribution is 6.76. The van der Waals surface area contributed by atoms with Crippen LogP contribution in [0.25, 0.3) is 0 Å². The number of rotatable bonds is 6. The molecule has 2 aliphatic rings. The molecule has 174 valence electrons. The number of benzene rings is 1. The topological polar surface area (TPSA) is 56.8 Å². The number of hydrogen-bond acceptors (Lipinski definition) is 4. The van der Waals surface area contributed by atoms with Crippen LogP contribution < -0.4 is 5.23 Å². The van der Waals surface area contributed by atoms with Crippen LogP contribution in [0.2, 0.25) is 18.1 Å². The summed E-state index contributed by atoms with van der Waals surface area (Å²) in [6.45, 7) is 19.1. The molecule has 0 atom stereocenters. The maximum atomic E-state index is 13.4. The Morgan fingerprint density at radius 3 is 2.16 bits per heavy atom. The fraction of sp³-hybridized carbons (Fsp3) is 0.708. The molecule has 0 radical (unpaired) electrons. The summed E-state index contributed by atoms with van der Waals surface area (Å²) in [5, 5.41) is 3.17. The molecule has 0 unspecified atom stereocenters. The second-order valence-electron chi connectivity index (χ2n) is 12.0. The van der Waals surface area contributed by atoms with Crippen molar-refractivity contribution in [3.8, 4) is 0 Å². The monoisotopic (exact) mass is 446 g/mol. The Morgan fingerprint density at radius 2 is 1.71 bits per heavy atom. The Bertz CT molecular complexity index is 840. The summed E-state index contributed by atoms with van der Waals surface area (Å²) >= 11 is 0. The standard InChI is InChI=1S/C24H41BNO4Si/c1-17-15-19(18-11-12-18)13-14-20(17)21(27)26-25(16-28-31(9,10)22(2,3)4)29-23(5,6)24(7,8)30-25/h13-15,18H,11-12,16H2,1-10H3,(H,26,27)/q-1. The zero-order chi connectivity index (χ0) is 23.5. The van der Waals surface area contributed by atoms with Crippen LogP contribution in [0.5, 0.6) is 0 Å². The van der Waals surface area contributed by atoms with E-state index in [4.69, 9.17) is 13.7 Å². The van der Waals surface area contributed by atoms with Crippen molar-refractivity contribution >= 4 is 20.9 Å². The zero-order valence-electron chi connectivity index (χ0n) is 21.1. The molecule has 7 heteroatoms. The normalized spacial score (nSPS) is 22.4. The highest BCUT2D eigenvalue weighted by Crippen LogP contribution is 2.43. The van der Waals surface area contributed by atoms with Crippen LogP contribution in [0, 0.1) is 6.92 Å². The predicted molar refractivity (Wildman–Crippen MR) is 130 cm³/mol. The number of amides is 1. The van der Waals surface area contributed by atoms with E-state index in [1.54, 1.807) is 0 Å². The van der Waals surface area contributed by atoms with Gasteiger partial charge in [0, 0.05) is 16.8 Å². The minimum Gasteiger partial charge on any atom is -0.542 e. The van der Waals surface area contributed by atoms with Gasteiger partial charge in [-0.3, -0.25) is 4.79 Å². The van der Waals surface area contributed by atoms with Gasteiger partial charge in [0.2, 0.25) is 5.91 Å². The molecule has 1 N–H and O–H groups in total. The molecule has 0 aromatic heterocycles. The SMILES string of the molecule is Cc1cc(C2CC2)ccc1C(=O)N[B-]1(CO[Si](C)(C)C(C)(C)C)OC(C)(C)C(C)(C)O1. The van der Waals surface area contributed by atoms with Crippen LogP contribution >= 0.6 is 0 Å². The molecule has 1 heterocycles. The first-order chi connectivity index (χ1) is 14.0. The number of carbonyl (C=O) groups excluding carboxylic acids is 1. The van der Waals surface area contributed by atoms with Crippen LogP contribution in [0.15, 0.2) is 18.2 Å². The molecule has 31 heavy (non-hydrogen) atoms. The number of carbonyl (C=O) groups is 1. The smallest absolute Gasteiger partial charge is 0.369 e. The van der Waals surface area contributed by atoms with Gasteiger partial charge >= 0.3 is 6.69 Å². The second kappa shape index (κ2) is 7.72. The van der Waals surface area contributed by atoms with Gasteiger partial charge in [0.05, 0.1) is 0 Å². The molecule has 1 aliphatic carbocycles. The van der Waals surface area contributed by atoms with Gasteiger partial charge in [-0.1, -0.05) is 32.9 Å². The lowest BCUT2D eigenvalue weighted by molar-refractivity contribution is 0.00578. The molecule has 1 aliphatic heterocycles. The first-order valence-electron chi connectivity index (χ1n) is 11.6. The van der Waals surface area contributed by atoms with Crippen molar-refractivity contribution in [2.24, 2.45) is 0 Å². The van der Waals surface area contributed by atoms with E-state index in [0.717, 1.165) is 5.56 Å². The summed E-state index contributed by atoms with van der Waals surface area (Å²) in [6, 6.07) is 6.15. The summed E-state index contributed by atoms with van der Waals surface area (Å²) in [5.74, 6) is 0.486. The number of hydrogen-bond donors (Lipinski definition) is 1. The summed E-state index contributed by atoms with van der Waals surface area (Å²) in [5.41, 5.74) is 1.83. The van der Waals surface area contributed by atoms with E-state index in [2.05, 4.69) is 51.2 Å². The molecule has 1 saturated heterocycles. The minimum atomic E-state index is -2.16. The Balaban J connectivity index is 1.86. The van der Waals surface area contributed by atoms with Crippen molar-refractivity contribution in [2.75, 3.05) is 6.51 Å². The molecule has 3 rings (SSSR count). The first kappa shape index (κ1) is 24.5. The average molecular weight is 446 g/mol. The Morgan fingerprint density at radius 1 is 1.16 bits per heavy atom. The van der Waals surface area contributed by atoms with Crippen LogP contribution in [0.4, 0.5) is 0 Å². The van der Waals surface area contributed by atoms with Crippen LogP contribution in [-0.2, 0) is 13.7 Å². The summed E-state index contributed by atoms with van der Waals surface area (Å²) in [4.78, 5) is 13.4. The molecule has 1 saturated carbocycles. The quantitative estimate of drug-likeness (QED) is 0.569. The maximum absolute atomic E-state index is 13.4. The van der Waals surface area contributed by atoms with Gasteiger partial charge in [-0.25, -0.2) is 0 Å². The zero-order valence-corrected chi connectivity index (χ0v) is 22.1. The van der Waals surface area contributed by atoms with Gasteiger partial charge in [-0.2, -0.15) is 0 Å². The molecule has 2 fully saturated rings. The largest absolute Gasteiger partial charge is 0.542 e. The van der Waals surface area contributed by atoms with E-state index >= 15 is 0 Å². The highest BCUT2D eigenvalue weighted by Gasteiger charge is 2.54. The average Bonchev–Trinajstić information content (AvgIpc) is 3.40. The van der Waals surface area contributed by atoms with E-state index in [1.807, 2.05) is 40.7 Å². The first-order valence-corrected chi connectivity index (χ1v) is 14.5. The maximum Gasteiger partial charge on any atom is 0.369 e. The summed E-state index contributed by atoms with van der Waals surface area (Å²) in [6.07, 6.45) is 2.49. The summed E-state index contributed by atoms with van der Waals surface area (Å²) < 4.78 is 19.4. The highest BCUT2D eigenvalue weighted by atomic mass is 28.4. The lowest BCUT2D eigenvalue weighted by Crippen LogP contribution is -2.62. The minimum absolute atomic E-state index is 0.0488. The van der Waals surface area contributed by atoms with Crippen molar-refractivity contribution in [3.63, 3.8) is 0 Å². The van der Waals surface area contributed by atoms with Gasteiger partial charge < -0.3 is 19.0 Å².